The lowest BCUT2D eigenvalue weighted by atomic mass is 9.92. The van der Waals surface area contributed by atoms with E-state index in [9.17, 15) is 4.39 Å². The minimum Gasteiger partial charge on any atom is -0.231 e. The van der Waals surface area contributed by atoms with Crippen LogP contribution in [0.4, 0.5) is 4.39 Å². The highest BCUT2D eigenvalue weighted by molar-refractivity contribution is 9.10. The second kappa shape index (κ2) is 5.58. The summed E-state index contributed by atoms with van der Waals surface area (Å²) in [7, 11) is 0. The van der Waals surface area contributed by atoms with Gasteiger partial charge in [-0.1, -0.05) is 44.0 Å². The molecule has 0 N–H and O–H groups in total. The predicted octanol–water partition coefficient (Wildman–Crippen LogP) is 5.65. The molecule has 0 spiro atoms. The van der Waals surface area contributed by atoms with Gasteiger partial charge in [-0.05, 0) is 34.1 Å². The first-order chi connectivity index (χ1) is 9.20. The zero-order valence-corrected chi connectivity index (χ0v) is 14.2. The minimum atomic E-state index is -0.405. The first kappa shape index (κ1) is 15.7. The number of halogens is 4. The largest absolute Gasteiger partial charge is 0.231 e. The van der Waals surface area contributed by atoms with Gasteiger partial charge in [0, 0.05) is 11.0 Å². The molecule has 20 heavy (non-hydrogen) atoms. The van der Waals surface area contributed by atoms with E-state index in [0.717, 1.165) is 5.69 Å². The van der Waals surface area contributed by atoms with Crippen molar-refractivity contribution in [3.05, 3.63) is 44.4 Å². The van der Waals surface area contributed by atoms with E-state index in [1.165, 1.54) is 12.1 Å². The summed E-state index contributed by atoms with van der Waals surface area (Å²) in [6.45, 7) is 6.06. The maximum absolute atomic E-state index is 13.1. The molecule has 2 aromatic rings. The Kier molecular flexibility index (Phi) is 4.38. The second-order valence-corrected chi connectivity index (χ2v) is 6.93. The minimum absolute atomic E-state index is 0.216. The normalized spacial score (nSPS) is 11.8. The number of rotatable bonds is 1. The number of aromatic nitrogens is 2. The van der Waals surface area contributed by atoms with Crippen LogP contribution in [0.2, 0.25) is 10.2 Å². The van der Waals surface area contributed by atoms with Crippen molar-refractivity contribution in [2.24, 2.45) is 0 Å². The fourth-order valence-corrected chi connectivity index (χ4v) is 2.90. The lowest BCUT2D eigenvalue weighted by molar-refractivity contribution is 0.564. The molecule has 0 radical (unpaired) electrons. The van der Waals surface area contributed by atoms with Crippen LogP contribution in [0, 0.1) is 5.82 Å². The van der Waals surface area contributed by atoms with Crippen molar-refractivity contribution in [2.45, 2.75) is 26.2 Å². The number of benzene rings is 1. The molecule has 0 aliphatic heterocycles. The summed E-state index contributed by atoms with van der Waals surface area (Å²) in [5.74, 6) is -0.0221. The van der Waals surface area contributed by atoms with Crippen molar-refractivity contribution >= 4 is 39.1 Å². The van der Waals surface area contributed by atoms with Gasteiger partial charge in [-0.3, -0.25) is 0 Å². The molecule has 1 aromatic heterocycles. The third-order valence-electron chi connectivity index (χ3n) is 2.69. The molecule has 0 amide bonds. The number of hydrogen-bond donors (Lipinski definition) is 0. The Morgan fingerprint density at radius 1 is 1.15 bits per heavy atom. The van der Waals surface area contributed by atoms with Gasteiger partial charge in [-0.2, -0.15) is 0 Å². The van der Waals surface area contributed by atoms with Gasteiger partial charge in [-0.25, -0.2) is 14.4 Å². The summed E-state index contributed by atoms with van der Waals surface area (Å²) < 4.78 is 13.8. The monoisotopic (exact) mass is 376 g/mol. The molecule has 0 bridgehead atoms. The van der Waals surface area contributed by atoms with E-state index in [2.05, 4.69) is 25.9 Å². The van der Waals surface area contributed by atoms with Crippen LogP contribution in [0.5, 0.6) is 0 Å². The molecule has 2 rings (SSSR count). The topological polar surface area (TPSA) is 25.8 Å². The first-order valence-electron chi connectivity index (χ1n) is 5.89. The summed E-state index contributed by atoms with van der Waals surface area (Å²) in [5.41, 5.74) is 1.10. The van der Waals surface area contributed by atoms with Crippen molar-refractivity contribution in [3.63, 3.8) is 0 Å². The molecule has 1 aromatic carbocycles. The zero-order valence-electron chi connectivity index (χ0n) is 11.1. The fourth-order valence-electron chi connectivity index (χ4n) is 1.71. The summed E-state index contributed by atoms with van der Waals surface area (Å²) in [4.78, 5) is 8.72. The molecule has 0 fully saturated rings. The van der Waals surface area contributed by atoms with Gasteiger partial charge in [0.25, 0.3) is 0 Å². The molecule has 0 atom stereocenters. The highest BCUT2D eigenvalue weighted by Gasteiger charge is 2.23. The quantitative estimate of drug-likeness (QED) is 0.600. The van der Waals surface area contributed by atoms with Gasteiger partial charge >= 0.3 is 0 Å². The molecule has 2 nitrogen and oxygen atoms in total. The van der Waals surface area contributed by atoms with E-state index in [0.29, 0.717) is 21.0 Å². The van der Waals surface area contributed by atoms with Gasteiger partial charge in [0.1, 0.15) is 11.0 Å². The van der Waals surface area contributed by atoms with E-state index >= 15 is 0 Å². The lowest BCUT2D eigenvalue weighted by Gasteiger charge is -2.20. The molecule has 0 aliphatic rings. The van der Waals surface area contributed by atoms with Crippen LogP contribution >= 0.6 is 39.1 Å². The Morgan fingerprint density at radius 2 is 1.80 bits per heavy atom. The maximum atomic E-state index is 13.1. The number of nitrogens with zero attached hydrogens (tertiary/aromatic N) is 2. The van der Waals surface area contributed by atoms with Gasteiger partial charge in [-0.15, -0.1) is 0 Å². The van der Waals surface area contributed by atoms with Crippen LogP contribution in [-0.2, 0) is 5.41 Å². The summed E-state index contributed by atoms with van der Waals surface area (Å²) >= 11 is 15.6. The molecule has 0 aliphatic carbocycles. The summed E-state index contributed by atoms with van der Waals surface area (Å²) in [6, 6.07) is 4.09. The van der Waals surface area contributed by atoms with Crippen LogP contribution in [0.1, 0.15) is 26.5 Å². The van der Waals surface area contributed by atoms with Gasteiger partial charge in [0.2, 0.25) is 0 Å². The highest BCUT2D eigenvalue weighted by Crippen LogP contribution is 2.35. The van der Waals surface area contributed by atoms with Gasteiger partial charge < -0.3 is 0 Å². The van der Waals surface area contributed by atoms with E-state index in [-0.39, 0.29) is 10.4 Å². The third-order valence-corrected chi connectivity index (χ3v) is 4.26. The standard InChI is InChI=1S/C14H12BrCl2FN2/c1-14(2,3)11-10(15)12(17)20-13(19-11)8-5-4-7(18)6-9(8)16/h4-6H,1-3H3. The Bertz CT molecular complexity index is 669. The van der Waals surface area contributed by atoms with Crippen LogP contribution in [0.3, 0.4) is 0 Å². The lowest BCUT2D eigenvalue weighted by Crippen LogP contribution is -2.16. The van der Waals surface area contributed by atoms with Crippen molar-refractivity contribution < 1.29 is 4.39 Å². The maximum Gasteiger partial charge on any atom is 0.162 e. The summed E-state index contributed by atoms with van der Waals surface area (Å²) in [6.07, 6.45) is 0. The average molecular weight is 378 g/mol. The zero-order chi connectivity index (χ0) is 15.1. The fraction of sp³-hybridized carbons (Fsp3) is 0.286. The predicted molar refractivity (Wildman–Crippen MR) is 83.8 cm³/mol. The van der Waals surface area contributed by atoms with E-state index in [1.54, 1.807) is 6.07 Å². The average Bonchev–Trinajstić information content (AvgIpc) is 2.31. The third kappa shape index (κ3) is 3.13. The molecular weight excluding hydrogens is 366 g/mol. The first-order valence-corrected chi connectivity index (χ1v) is 7.44. The van der Waals surface area contributed by atoms with Crippen LogP contribution in [-0.4, -0.2) is 9.97 Å². The van der Waals surface area contributed by atoms with E-state index in [1.807, 2.05) is 20.8 Å². The molecule has 106 valence electrons. The Balaban J connectivity index is 2.67. The highest BCUT2D eigenvalue weighted by atomic mass is 79.9. The van der Waals surface area contributed by atoms with Gasteiger partial charge in [0.15, 0.2) is 5.82 Å². The van der Waals surface area contributed by atoms with Crippen molar-refractivity contribution in [3.8, 4) is 11.4 Å². The Hall–Kier alpha value is -0.710. The molecule has 6 heteroatoms. The van der Waals surface area contributed by atoms with E-state index in [4.69, 9.17) is 23.2 Å². The second-order valence-electron chi connectivity index (χ2n) is 5.37. The van der Waals surface area contributed by atoms with Crippen molar-refractivity contribution in [1.82, 2.24) is 9.97 Å². The molecule has 0 unspecified atom stereocenters. The molecule has 0 saturated heterocycles. The molecule has 1 heterocycles. The Morgan fingerprint density at radius 3 is 2.35 bits per heavy atom. The van der Waals surface area contributed by atoms with Crippen molar-refractivity contribution in [2.75, 3.05) is 0 Å². The SMILES string of the molecule is CC(C)(C)c1nc(-c2ccc(F)cc2Cl)nc(Cl)c1Br. The van der Waals surface area contributed by atoms with Gasteiger partial charge in [0.05, 0.1) is 15.2 Å². The smallest absolute Gasteiger partial charge is 0.162 e. The van der Waals surface area contributed by atoms with Crippen molar-refractivity contribution in [1.29, 1.82) is 0 Å². The Labute approximate surface area is 135 Å². The number of hydrogen-bond acceptors (Lipinski definition) is 2. The summed E-state index contributed by atoms with van der Waals surface area (Å²) in [5, 5.41) is 0.559. The molecule has 0 saturated carbocycles. The van der Waals surface area contributed by atoms with Crippen LogP contribution in [0.15, 0.2) is 22.7 Å². The molecular formula is C14H12BrCl2FN2. The van der Waals surface area contributed by atoms with Crippen LogP contribution < -0.4 is 0 Å². The van der Waals surface area contributed by atoms with Crippen LogP contribution in [0.25, 0.3) is 11.4 Å². The van der Waals surface area contributed by atoms with E-state index < -0.39 is 5.82 Å².